The van der Waals surface area contributed by atoms with E-state index >= 15 is 0 Å². The molecule has 1 aliphatic rings. The minimum Gasteiger partial charge on any atom is -0.497 e. The quantitative estimate of drug-likeness (QED) is 0.761. The average Bonchev–Trinajstić information content (AvgIpc) is 2.86. The van der Waals surface area contributed by atoms with Crippen molar-refractivity contribution in [3.05, 3.63) is 59.5 Å². The van der Waals surface area contributed by atoms with E-state index in [2.05, 4.69) is 15.3 Å². The molecular formula is C18H14FN3O2. The van der Waals surface area contributed by atoms with Crippen LogP contribution in [0.2, 0.25) is 0 Å². The van der Waals surface area contributed by atoms with Crippen LogP contribution in [0.3, 0.4) is 0 Å². The van der Waals surface area contributed by atoms with Crippen LogP contribution in [-0.4, -0.2) is 30.3 Å². The summed E-state index contributed by atoms with van der Waals surface area (Å²) in [6, 6.07) is 12.2. The Morgan fingerprint density at radius 1 is 1.21 bits per heavy atom. The second kappa shape index (κ2) is 5.49. The lowest BCUT2D eigenvalue weighted by Gasteiger charge is -2.08. The van der Waals surface area contributed by atoms with Crippen molar-refractivity contribution in [2.24, 2.45) is 4.99 Å². The Kier molecular flexibility index (Phi) is 3.30. The number of aliphatic imine (C=N–C) groups is 1. The number of H-pyrrole nitrogens is 1. The summed E-state index contributed by atoms with van der Waals surface area (Å²) < 4.78 is 19.6. The maximum absolute atomic E-state index is 14.5. The van der Waals surface area contributed by atoms with E-state index < -0.39 is 5.82 Å². The summed E-state index contributed by atoms with van der Waals surface area (Å²) in [5.41, 5.74) is 2.82. The van der Waals surface area contributed by atoms with E-state index in [9.17, 15) is 9.18 Å². The lowest BCUT2D eigenvalue weighted by molar-refractivity contribution is -0.114. The largest absolute Gasteiger partial charge is 0.497 e. The number of fused-ring (bicyclic) bond motifs is 3. The first-order valence-electron chi connectivity index (χ1n) is 7.46. The molecule has 0 radical (unpaired) electrons. The first-order chi connectivity index (χ1) is 11.7. The molecule has 2 heterocycles. The highest BCUT2D eigenvalue weighted by Gasteiger charge is 2.24. The molecule has 24 heavy (non-hydrogen) atoms. The van der Waals surface area contributed by atoms with Crippen molar-refractivity contribution in [1.29, 1.82) is 0 Å². The minimum absolute atomic E-state index is 0.0579. The molecule has 0 saturated heterocycles. The van der Waals surface area contributed by atoms with Crippen molar-refractivity contribution in [3.63, 3.8) is 0 Å². The fourth-order valence-corrected chi connectivity index (χ4v) is 2.89. The number of ether oxygens (including phenoxy) is 1. The van der Waals surface area contributed by atoms with Crippen LogP contribution in [0.1, 0.15) is 11.3 Å². The van der Waals surface area contributed by atoms with E-state index in [-0.39, 0.29) is 12.5 Å². The Labute approximate surface area is 137 Å². The second-order valence-electron chi connectivity index (χ2n) is 5.48. The predicted octanol–water partition coefficient (Wildman–Crippen LogP) is 3.11. The number of anilines is 1. The van der Waals surface area contributed by atoms with E-state index in [1.165, 1.54) is 13.2 Å². The number of nitrogens with one attached hydrogen (secondary N) is 2. The molecule has 1 aliphatic heterocycles. The van der Waals surface area contributed by atoms with Gasteiger partial charge in [-0.3, -0.25) is 9.79 Å². The SMILES string of the molecule is COc1ccc(C2=NCC(=O)Nc3c2[nH]c2ccccc32)c(F)c1. The molecule has 0 saturated carbocycles. The van der Waals surface area contributed by atoms with Gasteiger partial charge in [-0.2, -0.15) is 0 Å². The van der Waals surface area contributed by atoms with Gasteiger partial charge >= 0.3 is 0 Å². The zero-order valence-electron chi connectivity index (χ0n) is 12.9. The number of aromatic nitrogens is 1. The van der Waals surface area contributed by atoms with Gasteiger partial charge in [0.05, 0.1) is 24.2 Å². The van der Waals surface area contributed by atoms with Gasteiger partial charge in [-0.1, -0.05) is 18.2 Å². The van der Waals surface area contributed by atoms with Crippen LogP contribution in [0, 0.1) is 5.82 Å². The molecule has 4 rings (SSSR count). The van der Waals surface area contributed by atoms with Crippen molar-refractivity contribution in [1.82, 2.24) is 4.98 Å². The van der Waals surface area contributed by atoms with E-state index in [1.54, 1.807) is 12.1 Å². The highest BCUT2D eigenvalue weighted by atomic mass is 19.1. The van der Waals surface area contributed by atoms with Gasteiger partial charge in [0.25, 0.3) is 0 Å². The molecule has 1 amide bonds. The third-order valence-corrected chi connectivity index (χ3v) is 4.02. The van der Waals surface area contributed by atoms with Crippen molar-refractivity contribution in [2.75, 3.05) is 19.0 Å². The number of benzene rings is 2. The van der Waals surface area contributed by atoms with E-state index in [4.69, 9.17) is 4.74 Å². The standard InChI is InChI=1S/C18H14FN3O2/c1-24-10-6-7-11(13(19)8-10)16-18-17(22-15(23)9-20-16)12-4-2-3-5-14(12)21-18/h2-8,21H,9H2,1H3,(H,22,23). The van der Waals surface area contributed by atoms with E-state index in [0.29, 0.717) is 28.4 Å². The van der Waals surface area contributed by atoms with Crippen molar-refractivity contribution < 1.29 is 13.9 Å². The zero-order valence-corrected chi connectivity index (χ0v) is 12.9. The molecule has 6 heteroatoms. The first kappa shape index (κ1) is 14.4. The molecule has 0 aliphatic carbocycles. The van der Waals surface area contributed by atoms with Gasteiger partial charge in [0, 0.05) is 22.5 Å². The molecule has 120 valence electrons. The molecule has 2 N–H and O–H groups in total. The van der Waals surface area contributed by atoms with Crippen molar-refractivity contribution >= 4 is 28.2 Å². The van der Waals surface area contributed by atoms with Crippen LogP contribution in [0.15, 0.2) is 47.5 Å². The Hall–Kier alpha value is -3.15. The second-order valence-corrected chi connectivity index (χ2v) is 5.48. The lowest BCUT2D eigenvalue weighted by atomic mass is 10.0. The number of methoxy groups -OCH3 is 1. The average molecular weight is 323 g/mol. The molecule has 5 nitrogen and oxygen atoms in total. The van der Waals surface area contributed by atoms with Gasteiger partial charge in [0.1, 0.15) is 18.1 Å². The van der Waals surface area contributed by atoms with E-state index in [0.717, 1.165) is 10.9 Å². The highest BCUT2D eigenvalue weighted by molar-refractivity contribution is 6.22. The lowest BCUT2D eigenvalue weighted by Crippen LogP contribution is -2.13. The summed E-state index contributed by atoms with van der Waals surface area (Å²) in [5.74, 6) is -0.256. The molecule has 0 fully saturated rings. The van der Waals surface area contributed by atoms with Crippen LogP contribution >= 0.6 is 0 Å². The molecule has 0 atom stereocenters. The number of halogens is 1. The third-order valence-electron chi connectivity index (χ3n) is 4.02. The zero-order chi connectivity index (χ0) is 16.7. The predicted molar refractivity (Wildman–Crippen MR) is 90.4 cm³/mol. The van der Waals surface area contributed by atoms with Crippen LogP contribution in [0.4, 0.5) is 10.1 Å². The number of hydrogen-bond acceptors (Lipinski definition) is 3. The fourth-order valence-electron chi connectivity index (χ4n) is 2.89. The Balaban J connectivity index is 1.95. The number of amides is 1. The number of carbonyl (C=O) groups is 1. The van der Waals surface area contributed by atoms with Gasteiger partial charge in [-0.05, 0) is 18.2 Å². The maximum atomic E-state index is 14.5. The van der Waals surface area contributed by atoms with Crippen LogP contribution in [0.5, 0.6) is 5.75 Å². The molecule has 0 bridgehead atoms. The summed E-state index contributed by atoms with van der Waals surface area (Å²) >= 11 is 0. The summed E-state index contributed by atoms with van der Waals surface area (Å²) in [6.45, 7) is -0.0579. The Morgan fingerprint density at radius 3 is 2.83 bits per heavy atom. The first-order valence-corrected chi connectivity index (χ1v) is 7.46. The molecule has 1 aromatic heterocycles. The number of nitrogens with zero attached hydrogens (tertiary/aromatic N) is 1. The maximum Gasteiger partial charge on any atom is 0.246 e. The van der Waals surface area contributed by atoms with Gasteiger partial charge in [-0.25, -0.2) is 4.39 Å². The Bertz CT molecular complexity index is 991. The van der Waals surface area contributed by atoms with E-state index in [1.807, 2.05) is 24.3 Å². The number of hydrogen-bond donors (Lipinski definition) is 2. The van der Waals surface area contributed by atoms with Crippen LogP contribution in [-0.2, 0) is 4.79 Å². The minimum atomic E-state index is -0.452. The summed E-state index contributed by atoms with van der Waals surface area (Å²) in [4.78, 5) is 19.6. The van der Waals surface area contributed by atoms with Crippen LogP contribution < -0.4 is 10.1 Å². The number of rotatable bonds is 2. The molecule has 0 spiro atoms. The monoisotopic (exact) mass is 323 g/mol. The Morgan fingerprint density at radius 2 is 2.04 bits per heavy atom. The summed E-state index contributed by atoms with van der Waals surface area (Å²) in [7, 11) is 1.48. The number of para-hydroxylation sites is 1. The smallest absolute Gasteiger partial charge is 0.246 e. The van der Waals surface area contributed by atoms with Gasteiger partial charge in [-0.15, -0.1) is 0 Å². The molecule has 2 aromatic carbocycles. The summed E-state index contributed by atoms with van der Waals surface area (Å²) in [6.07, 6.45) is 0. The number of aromatic amines is 1. The normalized spacial score (nSPS) is 13.9. The van der Waals surface area contributed by atoms with Crippen LogP contribution in [0.25, 0.3) is 10.9 Å². The molecule has 0 unspecified atom stereocenters. The van der Waals surface area contributed by atoms with Gasteiger partial charge in [0.2, 0.25) is 5.91 Å². The van der Waals surface area contributed by atoms with Gasteiger partial charge in [0.15, 0.2) is 0 Å². The highest BCUT2D eigenvalue weighted by Crippen LogP contribution is 2.32. The fraction of sp³-hybridized carbons (Fsp3) is 0.111. The molecule has 3 aromatic rings. The summed E-state index contributed by atoms with van der Waals surface area (Å²) in [5, 5.41) is 3.72. The van der Waals surface area contributed by atoms with Gasteiger partial charge < -0.3 is 15.0 Å². The van der Waals surface area contributed by atoms with Crippen molar-refractivity contribution in [2.45, 2.75) is 0 Å². The third kappa shape index (κ3) is 2.23. The van der Waals surface area contributed by atoms with Crippen molar-refractivity contribution in [3.8, 4) is 5.75 Å². The number of carbonyl (C=O) groups excluding carboxylic acids is 1. The molecular weight excluding hydrogens is 309 g/mol. The topological polar surface area (TPSA) is 66.5 Å².